The van der Waals surface area contributed by atoms with E-state index in [1.165, 1.54) is 18.9 Å². The van der Waals surface area contributed by atoms with E-state index in [0.29, 0.717) is 11.5 Å². The molecule has 1 aromatic heterocycles. The summed E-state index contributed by atoms with van der Waals surface area (Å²) in [6.45, 7) is 4.37. The SMILES string of the molecule is CC1CCCN(c2nc(-c3ccc(O)cc3O)cs2)C1. The van der Waals surface area contributed by atoms with Crippen molar-refractivity contribution < 1.29 is 10.2 Å². The van der Waals surface area contributed by atoms with E-state index in [1.807, 2.05) is 5.38 Å². The summed E-state index contributed by atoms with van der Waals surface area (Å²) in [4.78, 5) is 6.95. The van der Waals surface area contributed by atoms with Gasteiger partial charge in [0, 0.05) is 30.1 Å². The minimum atomic E-state index is 0.0616. The number of aromatic nitrogens is 1. The molecule has 2 heterocycles. The number of hydrogen-bond acceptors (Lipinski definition) is 5. The Morgan fingerprint density at radius 1 is 1.35 bits per heavy atom. The smallest absolute Gasteiger partial charge is 0.185 e. The second kappa shape index (κ2) is 5.32. The Balaban J connectivity index is 1.86. The van der Waals surface area contributed by atoms with Crippen LogP contribution in [-0.2, 0) is 0 Å². The van der Waals surface area contributed by atoms with Crippen molar-refractivity contribution in [3.8, 4) is 22.8 Å². The van der Waals surface area contributed by atoms with E-state index in [9.17, 15) is 10.2 Å². The molecule has 1 saturated heterocycles. The lowest BCUT2D eigenvalue weighted by Gasteiger charge is -2.30. The predicted octanol–water partition coefficient (Wildman–Crippen LogP) is 3.46. The minimum absolute atomic E-state index is 0.0616. The van der Waals surface area contributed by atoms with E-state index >= 15 is 0 Å². The number of thiazole rings is 1. The van der Waals surface area contributed by atoms with Gasteiger partial charge in [0.2, 0.25) is 0 Å². The molecule has 1 fully saturated rings. The van der Waals surface area contributed by atoms with E-state index in [4.69, 9.17) is 0 Å². The third kappa shape index (κ3) is 2.58. The molecule has 0 aliphatic carbocycles. The van der Waals surface area contributed by atoms with Crippen LogP contribution < -0.4 is 4.90 Å². The highest BCUT2D eigenvalue weighted by atomic mass is 32.1. The van der Waals surface area contributed by atoms with Gasteiger partial charge in [-0.05, 0) is 30.9 Å². The summed E-state index contributed by atoms with van der Waals surface area (Å²) in [5, 5.41) is 22.2. The molecule has 1 atom stereocenters. The molecule has 3 rings (SSSR count). The molecule has 1 aliphatic rings. The van der Waals surface area contributed by atoms with Crippen LogP contribution in [-0.4, -0.2) is 28.3 Å². The van der Waals surface area contributed by atoms with Crippen LogP contribution >= 0.6 is 11.3 Å². The number of anilines is 1. The average Bonchev–Trinajstić information content (AvgIpc) is 2.88. The zero-order valence-corrected chi connectivity index (χ0v) is 12.2. The molecule has 2 N–H and O–H groups in total. The lowest BCUT2D eigenvalue weighted by molar-refractivity contribution is 0.446. The molecule has 0 amide bonds. The van der Waals surface area contributed by atoms with Crippen molar-refractivity contribution >= 4 is 16.5 Å². The molecule has 4 nitrogen and oxygen atoms in total. The first-order chi connectivity index (χ1) is 9.63. The van der Waals surface area contributed by atoms with Crippen LogP contribution in [0.3, 0.4) is 0 Å². The van der Waals surface area contributed by atoms with Crippen molar-refractivity contribution in [1.82, 2.24) is 4.98 Å². The zero-order valence-electron chi connectivity index (χ0n) is 11.4. The summed E-state index contributed by atoms with van der Waals surface area (Å²) in [5.74, 6) is 0.832. The van der Waals surface area contributed by atoms with E-state index in [2.05, 4.69) is 16.8 Å². The Bertz CT molecular complexity index is 612. The van der Waals surface area contributed by atoms with Gasteiger partial charge in [0.15, 0.2) is 5.13 Å². The maximum Gasteiger partial charge on any atom is 0.185 e. The van der Waals surface area contributed by atoms with Crippen molar-refractivity contribution in [2.75, 3.05) is 18.0 Å². The lowest BCUT2D eigenvalue weighted by atomic mass is 10.0. The van der Waals surface area contributed by atoms with Gasteiger partial charge in [-0.3, -0.25) is 0 Å². The average molecular weight is 290 g/mol. The van der Waals surface area contributed by atoms with Gasteiger partial charge in [-0.1, -0.05) is 6.92 Å². The summed E-state index contributed by atoms with van der Waals surface area (Å²) < 4.78 is 0. The second-order valence-corrected chi connectivity index (χ2v) is 6.25. The Morgan fingerprint density at radius 2 is 2.20 bits per heavy atom. The number of rotatable bonds is 2. The summed E-state index contributed by atoms with van der Waals surface area (Å²) in [6.07, 6.45) is 2.49. The molecule has 106 valence electrons. The van der Waals surface area contributed by atoms with Crippen molar-refractivity contribution in [3.05, 3.63) is 23.6 Å². The molecule has 0 bridgehead atoms. The molecule has 0 spiro atoms. The number of benzene rings is 1. The van der Waals surface area contributed by atoms with E-state index < -0.39 is 0 Å². The Hall–Kier alpha value is -1.75. The molecule has 1 unspecified atom stereocenters. The first kappa shape index (κ1) is 13.2. The van der Waals surface area contributed by atoms with Crippen molar-refractivity contribution in [3.63, 3.8) is 0 Å². The standard InChI is InChI=1S/C15H18N2O2S/c1-10-3-2-6-17(8-10)15-16-13(9-20-15)12-5-4-11(18)7-14(12)19/h4-5,7,9-10,18-19H,2-3,6,8H2,1H3. The number of hydrogen-bond donors (Lipinski definition) is 2. The van der Waals surface area contributed by atoms with Gasteiger partial charge in [0.25, 0.3) is 0 Å². The molecule has 20 heavy (non-hydrogen) atoms. The van der Waals surface area contributed by atoms with Crippen LogP contribution in [0.1, 0.15) is 19.8 Å². The lowest BCUT2D eigenvalue weighted by Crippen LogP contribution is -2.34. The van der Waals surface area contributed by atoms with E-state index in [1.54, 1.807) is 23.5 Å². The van der Waals surface area contributed by atoms with E-state index in [-0.39, 0.29) is 11.5 Å². The van der Waals surface area contributed by atoms with Gasteiger partial charge < -0.3 is 15.1 Å². The van der Waals surface area contributed by atoms with Gasteiger partial charge in [0.05, 0.1) is 5.69 Å². The first-order valence-electron chi connectivity index (χ1n) is 6.86. The fourth-order valence-corrected chi connectivity index (χ4v) is 3.50. The minimum Gasteiger partial charge on any atom is -0.508 e. The van der Waals surface area contributed by atoms with E-state index in [0.717, 1.165) is 23.9 Å². The molecule has 0 radical (unpaired) electrons. The number of phenols is 2. The fourth-order valence-electron chi connectivity index (χ4n) is 2.63. The van der Waals surface area contributed by atoms with Crippen LogP contribution in [0.5, 0.6) is 11.5 Å². The molecule has 5 heteroatoms. The van der Waals surface area contributed by atoms with Crippen molar-refractivity contribution in [2.45, 2.75) is 19.8 Å². The normalized spacial score (nSPS) is 19.2. The molecule has 2 aromatic rings. The van der Waals surface area contributed by atoms with Gasteiger partial charge in [-0.25, -0.2) is 4.98 Å². The maximum absolute atomic E-state index is 9.90. The van der Waals surface area contributed by atoms with Crippen LogP contribution in [0.2, 0.25) is 0 Å². The third-order valence-electron chi connectivity index (χ3n) is 3.68. The van der Waals surface area contributed by atoms with Gasteiger partial charge in [0.1, 0.15) is 11.5 Å². The number of phenolic OH excluding ortho intramolecular Hbond substituents is 2. The van der Waals surface area contributed by atoms with Crippen molar-refractivity contribution in [1.29, 1.82) is 0 Å². The van der Waals surface area contributed by atoms with Crippen LogP contribution in [0.4, 0.5) is 5.13 Å². The number of piperidine rings is 1. The number of nitrogens with zero attached hydrogens (tertiary/aromatic N) is 2. The Kier molecular flexibility index (Phi) is 3.53. The summed E-state index contributed by atoms with van der Waals surface area (Å²) in [6, 6.07) is 4.61. The quantitative estimate of drug-likeness (QED) is 0.889. The monoisotopic (exact) mass is 290 g/mol. The van der Waals surface area contributed by atoms with Crippen LogP contribution in [0.25, 0.3) is 11.3 Å². The molecule has 1 aromatic carbocycles. The molecular formula is C15H18N2O2S. The van der Waals surface area contributed by atoms with Gasteiger partial charge in [-0.2, -0.15) is 0 Å². The highest BCUT2D eigenvalue weighted by Crippen LogP contribution is 2.35. The third-order valence-corrected chi connectivity index (χ3v) is 4.58. The summed E-state index contributed by atoms with van der Waals surface area (Å²) >= 11 is 1.61. The zero-order chi connectivity index (χ0) is 14.1. The summed E-state index contributed by atoms with van der Waals surface area (Å²) in [7, 11) is 0. The van der Waals surface area contributed by atoms with Crippen LogP contribution in [0, 0.1) is 5.92 Å². The molecule has 0 saturated carbocycles. The summed E-state index contributed by atoms with van der Waals surface area (Å²) in [5.41, 5.74) is 1.43. The second-order valence-electron chi connectivity index (χ2n) is 5.41. The topological polar surface area (TPSA) is 56.6 Å². The predicted molar refractivity (Wildman–Crippen MR) is 81.5 cm³/mol. The Labute approximate surface area is 122 Å². The highest BCUT2D eigenvalue weighted by Gasteiger charge is 2.19. The Morgan fingerprint density at radius 3 is 2.95 bits per heavy atom. The van der Waals surface area contributed by atoms with Gasteiger partial charge in [-0.15, -0.1) is 11.3 Å². The maximum atomic E-state index is 9.90. The first-order valence-corrected chi connectivity index (χ1v) is 7.74. The van der Waals surface area contributed by atoms with Crippen molar-refractivity contribution in [2.24, 2.45) is 5.92 Å². The molecular weight excluding hydrogens is 272 g/mol. The van der Waals surface area contributed by atoms with Gasteiger partial charge >= 0.3 is 0 Å². The number of aromatic hydroxyl groups is 2. The molecule has 1 aliphatic heterocycles. The largest absolute Gasteiger partial charge is 0.508 e. The highest BCUT2D eigenvalue weighted by molar-refractivity contribution is 7.14. The van der Waals surface area contributed by atoms with Crippen LogP contribution in [0.15, 0.2) is 23.6 Å². The fraction of sp³-hybridized carbons (Fsp3) is 0.400.